The normalized spacial score (nSPS) is 11.8. The van der Waals surface area contributed by atoms with Crippen molar-refractivity contribution in [2.45, 2.75) is 25.7 Å². The average Bonchev–Trinajstić information content (AvgIpc) is 2.74. The van der Waals surface area contributed by atoms with E-state index in [0.717, 1.165) is 22.8 Å². The summed E-state index contributed by atoms with van der Waals surface area (Å²) in [7, 11) is 2.02. The van der Waals surface area contributed by atoms with Crippen molar-refractivity contribution in [2.24, 2.45) is 7.05 Å². The molecule has 0 saturated heterocycles. The highest BCUT2D eigenvalue weighted by Gasteiger charge is 2.31. The molecular formula is C16H20Br2N2. The summed E-state index contributed by atoms with van der Waals surface area (Å²) in [5.74, 6) is 0. The minimum Gasteiger partial charge on any atom is -0.272 e. The molecule has 0 bridgehead atoms. The zero-order valence-electron chi connectivity index (χ0n) is 12.2. The molecule has 2 aromatic rings. The highest BCUT2D eigenvalue weighted by Crippen LogP contribution is 2.33. The highest BCUT2D eigenvalue weighted by atomic mass is 79.9. The van der Waals surface area contributed by atoms with Crippen molar-refractivity contribution in [2.75, 3.05) is 10.7 Å². The van der Waals surface area contributed by atoms with Gasteiger partial charge in [-0.3, -0.25) is 4.68 Å². The molecule has 1 aromatic heterocycles. The molecule has 1 heterocycles. The van der Waals surface area contributed by atoms with Gasteiger partial charge in [0.1, 0.15) is 0 Å². The van der Waals surface area contributed by atoms with Gasteiger partial charge in [0.2, 0.25) is 0 Å². The molecule has 0 spiro atoms. The van der Waals surface area contributed by atoms with Crippen LogP contribution in [0.3, 0.4) is 0 Å². The summed E-state index contributed by atoms with van der Waals surface area (Å²) in [5.41, 5.74) is 5.06. The number of halogens is 2. The molecule has 0 aliphatic heterocycles. The molecule has 2 nitrogen and oxygen atoms in total. The SMILES string of the molecule is Cc1cccc(C(CBr)(CBr)Cc2cc(C)nn2C)c1. The summed E-state index contributed by atoms with van der Waals surface area (Å²) < 4.78 is 1.99. The topological polar surface area (TPSA) is 17.8 Å². The maximum atomic E-state index is 4.46. The van der Waals surface area contributed by atoms with Crippen LogP contribution in [0.1, 0.15) is 22.5 Å². The van der Waals surface area contributed by atoms with Gasteiger partial charge in [-0.1, -0.05) is 61.7 Å². The van der Waals surface area contributed by atoms with Gasteiger partial charge < -0.3 is 0 Å². The Bertz CT molecular complexity index is 586. The van der Waals surface area contributed by atoms with Gasteiger partial charge in [-0.25, -0.2) is 0 Å². The molecule has 0 unspecified atom stereocenters. The van der Waals surface area contributed by atoms with Crippen molar-refractivity contribution in [3.05, 3.63) is 52.8 Å². The molecule has 4 heteroatoms. The molecule has 0 saturated carbocycles. The fourth-order valence-corrected chi connectivity index (χ4v) is 4.51. The van der Waals surface area contributed by atoms with Crippen LogP contribution in [0, 0.1) is 13.8 Å². The minimum atomic E-state index is 0.0479. The van der Waals surface area contributed by atoms with Gasteiger partial charge in [-0.2, -0.15) is 5.10 Å². The van der Waals surface area contributed by atoms with Crippen LogP contribution >= 0.6 is 31.9 Å². The van der Waals surface area contributed by atoms with Crippen molar-refractivity contribution < 1.29 is 0 Å². The number of hydrogen-bond donors (Lipinski definition) is 0. The first-order chi connectivity index (χ1) is 9.50. The van der Waals surface area contributed by atoms with Crippen molar-refractivity contribution in [1.82, 2.24) is 9.78 Å². The lowest BCUT2D eigenvalue weighted by molar-refractivity contribution is 0.522. The number of hydrogen-bond acceptors (Lipinski definition) is 1. The standard InChI is InChI=1S/C16H20Br2N2/c1-12-5-4-6-14(7-12)16(10-17,11-18)9-15-8-13(2)19-20(15)3/h4-8H,9-11H2,1-3H3. The van der Waals surface area contributed by atoms with E-state index in [1.54, 1.807) is 0 Å². The molecule has 1 aromatic carbocycles. The number of alkyl halides is 2. The number of aromatic nitrogens is 2. The number of nitrogens with zero attached hydrogens (tertiary/aromatic N) is 2. The Balaban J connectivity index is 2.42. The van der Waals surface area contributed by atoms with Crippen LogP contribution in [0.4, 0.5) is 0 Å². The van der Waals surface area contributed by atoms with Crippen LogP contribution in [0.25, 0.3) is 0 Å². The van der Waals surface area contributed by atoms with E-state index in [1.165, 1.54) is 16.8 Å². The molecule has 20 heavy (non-hydrogen) atoms. The van der Waals surface area contributed by atoms with Gasteiger partial charge in [0.25, 0.3) is 0 Å². The summed E-state index contributed by atoms with van der Waals surface area (Å²) in [6.07, 6.45) is 0.963. The Labute approximate surface area is 137 Å². The third kappa shape index (κ3) is 3.17. The van der Waals surface area contributed by atoms with Gasteiger partial charge >= 0.3 is 0 Å². The van der Waals surface area contributed by atoms with Gasteiger partial charge in [-0.05, 0) is 25.5 Å². The van der Waals surface area contributed by atoms with E-state index in [9.17, 15) is 0 Å². The van der Waals surface area contributed by atoms with Crippen molar-refractivity contribution in [1.29, 1.82) is 0 Å². The van der Waals surface area contributed by atoms with Crippen LogP contribution in [0.2, 0.25) is 0 Å². The van der Waals surface area contributed by atoms with Crippen molar-refractivity contribution in [3.63, 3.8) is 0 Å². The summed E-state index contributed by atoms with van der Waals surface area (Å²) in [6, 6.07) is 11.0. The van der Waals surface area contributed by atoms with E-state index < -0.39 is 0 Å². The molecule has 0 amide bonds. The van der Waals surface area contributed by atoms with E-state index in [-0.39, 0.29) is 5.41 Å². The Morgan fingerprint density at radius 1 is 1.15 bits per heavy atom. The van der Waals surface area contributed by atoms with E-state index in [4.69, 9.17) is 0 Å². The maximum Gasteiger partial charge on any atom is 0.0596 e. The number of rotatable bonds is 5. The summed E-state index contributed by atoms with van der Waals surface area (Å²) >= 11 is 7.45. The predicted molar refractivity (Wildman–Crippen MR) is 92.1 cm³/mol. The van der Waals surface area contributed by atoms with E-state index in [1.807, 2.05) is 18.7 Å². The third-order valence-electron chi connectivity index (χ3n) is 3.76. The van der Waals surface area contributed by atoms with Crippen LogP contribution in [0.5, 0.6) is 0 Å². The summed E-state index contributed by atoms with van der Waals surface area (Å²) in [5, 5.41) is 6.29. The summed E-state index contributed by atoms with van der Waals surface area (Å²) in [4.78, 5) is 0. The summed E-state index contributed by atoms with van der Waals surface area (Å²) in [6.45, 7) is 4.19. The molecule has 0 aliphatic rings. The zero-order chi connectivity index (χ0) is 14.8. The Morgan fingerprint density at radius 2 is 1.85 bits per heavy atom. The molecule has 0 radical (unpaired) electrons. The second kappa shape index (κ2) is 6.44. The minimum absolute atomic E-state index is 0.0479. The van der Waals surface area contributed by atoms with E-state index in [2.05, 4.69) is 74.2 Å². The lowest BCUT2D eigenvalue weighted by Gasteiger charge is -2.31. The van der Waals surface area contributed by atoms with Crippen LogP contribution in [-0.4, -0.2) is 20.4 Å². The van der Waals surface area contributed by atoms with E-state index in [0.29, 0.717) is 0 Å². The van der Waals surface area contributed by atoms with Gasteiger partial charge in [0, 0.05) is 35.2 Å². The second-order valence-electron chi connectivity index (χ2n) is 5.49. The zero-order valence-corrected chi connectivity index (χ0v) is 15.3. The fourth-order valence-electron chi connectivity index (χ4n) is 2.54. The fraction of sp³-hybridized carbons (Fsp3) is 0.438. The third-order valence-corrected chi connectivity index (χ3v) is 5.91. The molecule has 0 atom stereocenters. The lowest BCUT2D eigenvalue weighted by atomic mass is 9.80. The molecule has 0 fully saturated rings. The average molecular weight is 400 g/mol. The molecule has 108 valence electrons. The Hall–Kier alpha value is -0.610. The first kappa shape index (κ1) is 15.8. The molecule has 0 N–H and O–H groups in total. The quantitative estimate of drug-likeness (QED) is 0.685. The monoisotopic (exact) mass is 398 g/mol. The predicted octanol–water partition coefficient (Wildman–Crippen LogP) is 4.31. The first-order valence-electron chi connectivity index (χ1n) is 6.69. The number of aryl methyl sites for hydroxylation is 3. The van der Waals surface area contributed by atoms with Gasteiger partial charge in [0.05, 0.1) is 5.69 Å². The lowest BCUT2D eigenvalue weighted by Crippen LogP contribution is -2.33. The van der Waals surface area contributed by atoms with Crippen molar-refractivity contribution >= 4 is 31.9 Å². The number of benzene rings is 1. The van der Waals surface area contributed by atoms with Crippen LogP contribution < -0.4 is 0 Å². The van der Waals surface area contributed by atoms with Crippen LogP contribution in [-0.2, 0) is 18.9 Å². The largest absolute Gasteiger partial charge is 0.272 e. The van der Waals surface area contributed by atoms with Gasteiger partial charge in [0.15, 0.2) is 0 Å². The smallest absolute Gasteiger partial charge is 0.0596 e. The second-order valence-corrected chi connectivity index (χ2v) is 6.62. The molecular weight excluding hydrogens is 380 g/mol. The highest BCUT2D eigenvalue weighted by molar-refractivity contribution is 9.09. The van der Waals surface area contributed by atoms with Gasteiger partial charge in [-0.15, -0.1) is 0 Å². The van der Waals surface area contributed by atoms with Crippen LogP contribution in [0.15, 0.2) is 30.3 Å². The molecule has 2 rings (SSSR count). The Kier molecular flexibility index (Phi) is 5.08. The van der Waals surface area contributed by atoms with Crippen molar-refractivity contribution in [3.8, 4) is 0 Å². The maximum absolute atomic E-state index is 4.46. The molecule has 0 aliphatic carbocycles. The Morgan fingerprint density at radius 3 is 2.35 bits per heavy atom. The first-order valence-corrected chi connectivity index (χ1v) is 8.93. The van der Waals surface area contributed by atoms with E-state index >= 15 is 0 Å².